The lowest BCUT2D eigenvalue weighted by molar-refractivity contribution is 0.448. The minimum absolute atomic E-state index is 0.630. The van der Waals surface area contributed by atoms with Crippen LogP contribution in [-0.2, 0) is 6.42 Å². The first-order valence-corrected chi connectivity index (χ1v) is 6.98. The molecule has 2 atom stereocenters. The second-order valence-corrected chi connectivity index (χ2v) is 5.07. The van der Waals surface area contributed by atoms with Crippen LogP contribution in [0.3, 0.4) is 0 Å². The molecule has 0 amide bonds. The Morgan fingerprint density at radius 1 is 1.18 bits per heavy atom. The molecule has 0 saturated heterocycles. The summed E-state index contributed by atoms with van der Waals surface area (Å²) in [4.78, 5) is 0. The number of benzene rings is 1. The van der Waals surface area contributed by atoms with Crippen LogP contribution in [0.1, 0.15) is 51.2 Å². The van der Waals surface area contributed by atoms with Crippen molar-refractivity contribution in [3.63, 3.8) is 0 Å². The second kappa shape index (κ2) is 7.50. The van der Waals surface area contributed by atoms with E-state index in [1.54, 1.807) is 0 Å². The Hall–Kier alpha value is -0.820. The van der Waals surface area contributed by atoms with Gasteiger partial charge in [0.25, 0.3) is 0 Å². The highest BCUT2D eigenvalue weighted by atomic mass is 14.8. The average molecular weight is 233 g/mol. The SMILES string of the molecule is CCCNCC(C)C(C)c1cccc(CC)c1. The van der Waals surface area contributed by atoms with Gasteiger partial charge in [-0.2, -0.15) is 0 Å². The van der Waals surface area contributed by atoms with Crippen LogP contribution in [0.4, 0.5) is 0 Å². The van der Waals surface area contributed by atoms with Crippen molar-refractivity contribution in [2.75, 3.05) is 13.1 Å². The first kappa shape index (κ1) is 14.2. The minimum atomic E-state index is 0.630. The van der Waals surface area contributed by atoms with Gasteiger partial charge < -0.3 is 5.32 Å². The maximum atomic E-state index is 3.51. The minimum Gasteiger partial charge on any atom is -0.316 e. The number of hydrogen-bond acceptors (Lipinski definition) is 1. The zero-order chi connectivity index (χ0) is 12.7. The van der Waals surface area contributed by atoms with Gasteiger partial charge in [-0.1, -0.05) is 52.0 Å². The Morgan fingerprint density at radius 3 is 2.59 bits per heavy atom. The van der Waals surface area contributed by atoms with Gasteiger partial charge in [0.15, 0.2) is 0 Å². The van der Waals surface area contributed by atoms with E-state index in [-0.39, 0.29) is 0 Å². The molecule has 0 aliphatic carbocycles. The largest absolute Gasteiger partial charge is 0.316 e. The molecule has 0 heterocycles. The van der Waals surface area contributed by atoms with Crippen LogP contribution in [-0.4, -0.2) is 13.1 Å². The molecule has 0 aliphatic rings. The lowest BCUT2D eigenvalue weighted by Gasteiger charge is -2.21. The van der Waals surface area contributed by atoms with Crippen molar-refractivity contribution < 1.29 is 0 Å². The van der Waals surface area contributed by atoms with Gasteiger partial charge in [0.1, 0.15) is 0 Å². The topological polar surface area (TPSA) is 12.0 Å². The van der Waals surface area contributed by atoms with E-state index in [1.807, 2.05) is 0 Å². The van der Waals surface area contributed by atoms with Gasteiger partial charge in [-0.05, 0) is 48.9 Å². The van der Waals surface area contributed by atoms with E-state index >= 15 is 0 Å². The van der Waals surface area contributed by atoms with E-state index in [1.165, 1.54) is 17.5 Å². The first-order chi connectivity index (χ1) is 8.19. The van der Waals surface area contributed by atoms with Crippen molar-refractivity contribution in [3.05, 3.63) is 35.4 Å². The Kier molecular flexibility index (Phi) is 6.28. The van der Waals surface area contributed by atoms with Gasteiger partial charge in [0, 0.05) is 0 Å². The summed E-state index contributed by atoms with van der Waals surface area (Å²) in [6.45, 7) is 11.4. The summed E-state index contributed by atoms with van der Waals surface area (Å²) in [5.41, 5.74) is 2.93. The van der Waals surface area contributed by atoms with E-state index in [9.17, 15) is 0 Å². The van der Waals surface area contributed by atoms with Crippen LogP contribution in [0.25, 0.3) is 0 Å². The van der Waals surface area contributed by atoms with Crippen LogP contribution >= 0.6 is 0 Å². The Morgan fingerprint density at radius 2 is 1.94 bits per heavy atom. The lowest BCUT2D eigenvalue weighted by atomic mass is 9.88. The van der Waals surface area contributed by atoms with E-state index in [2.05, 4.69) is 57.3 Å². The fourth-order valence-corrected chi connectivity index (χ4v) is 2.11. The van der Waals surface area contributed by atoms with Crippen LogP contribution in [0, 0.1) is 5.92 Å². The van der Waals surface area contributed by atoms with Gasteiger partial charge >= 0.3 is 0 Å². The number of rotatable bonds is 7. The second-order valence-electron chi connectivity index (χ2n) is 5.07. The van der Waals surface area contributed by atoms with Crippen LogP contribution in [0.2, 0.25) is 0 Å². The zero-order valence-corrected chi connectivity index (χ0v) is 11.8. The third-order valence-corrected chi connectivity index (χ3v) is 3.63. The molecule has 1 aromatic rings. The van der Waals surface area contributed by atoms with Crippen molar-refractivity contribution in [1.29, 1.82) is 0 Å². The van der Waals surface area contributed by atoms with Gasteiger partial charge in [-0.25, -0.2) is 0 Å². The molecule has 1 aromatic carbocycles. The molecule has 0 aliphatic heterocycles. The molecule has 1 nitrogen and oxygen atoms in total. The van der Waals surface area contributed by atoms with E-state index in [4.69, 9.17) is 0 Å². The van der Waals surface area contributed by atoms with Crippen molar-refractivity contribution >= 4 is 0 Å². The summed E-state index contributed by atoms with van der Waals surface area (Å²) in [5, 5.41) is 3.51. The van der Waals surface area contributed by atoms with Crippen molar-refractivity contribution in [2.45, 2.75) is 46.5 Å². The molecule has 0 fully saturated rings. The monoisotopic (exact) mass is 233 g/mol. The first-order valence-electron chi connectivity index (χ1n) is 6.98. The fraction of sp³-hybridized carbons (Fsp3) is 0.625. The summed E-state index contributed by atoms with van der Waals surface area (Å²) >= 11 is 0. The number of hydrogen-bond donors (Lipinski definition) is 1. The molecule has 2 unspecified atom stereocenters. The average Bonchev–Trinajstić information content (AvgIpc) is 2.38. The number of nitrogens with one attached hydrogen (secondary N) is 1. The summed E-state index contributed by atoms with van der Waals surface area (Å²) in [6.07, 6.45) is 2.34. The smallest absolute Gasteiger partial charge is 0.00174 e. The number of aryl methyl sites for hydroxylation is 1. The van der Waals surface area contributed by atoms with Gasteiger partial charge in [-0.15, -0.1) is 0 Å². The maximum absolute atomic E-state index is 3.51. The Bertz CT molecular complexity index is 319. The van der Waals surface area contributed by atoms with Crippen molar-refractivity contribution in [3.8, 4) is 0 Å². The molecule has 17 heavy (non-hydrogen) atoms. The summed E-state index contributed by atoms with van der Waals surface area (Å²) < 4.78 is 0. The van der Waals surface area contributed by atoms with E-state index in [0.717, 1.165) is 19.5 Å². The molecule has 0 spiro atoms. The van der Waals surface area contributed by atoms with Gasteiger partial charge in [0.2, 0.25) is 0 Å². The van der Waals surface area contributed by atoms with Crippen LogP contribution in [0.15, 0.2) is 24.3 Å². The standard InChI is InChI=1S/C16H27N/c1-5-10-17-12-13(3)14(4)16-9-7-8-15(6-2)11-16/h7-9,11,13-14,17H,5-6,10,12H2,1-4H3. The third-order valence-electron chi connectivity index (χ3n) is 3.63. The molecular weight excluding hydrogens is 206 g/mol. The highest BCUT2D eigenvalue weighted by Gasteiger charge is 2.13. The van der Waals surface area contributed by atoms with Gasteiger partial charge in [-0.3, -0.25) is 0 Å². The quantitative estimate of drug-likeness (QED) is 0.702. The fourth-order valence-electron chi connectivity index (χ4n) is 2.11. The summed E-state index contributed by atoms with van der Waals surface area (Å²) in [7, 11) is 0. The molecule has 1 N–H and O–H groups in total. The van der Waals surface area contributed by atoms with E-state index in [0.29, 0.717) is 11.8 Å². The predicted octanol–water partition coefficient (Wildman–Crippen LogP) is 3.99. The molecule has 96 valence electrons. The molecule has 0 radical (unpaired) electrons. The highest BCUT2D eigenvalue weighted by Crippen LogP contribution is 2.24. The molecule has 0 saturated carbocycles. The molecule has 1 rings (SSSR count). The predicted molar refractivity (Wildman–Crippen MR) is 76.6 cm³/mol. The normalized spacial score (nSPS) is 14.6. The summed E-state index contributed by atoms with van der Waals surface area (Å²) in [6, 6.07) is 9.04. The highest BCUT2D eigenvalue weighted by molar-refractivity contribution is 5.26. The van der Waals surface area contributed by atoms with Crippen molar-refractivity contribution in [2.24, 2.45) is 5.92 Å². The summed E-state index contributed by atoms with van der Waals surface area (Å²) in [5.74, 6) is 1.32. The molecule has 0 bridgehead atoms. The van der Waals surface area contributed by atoms with Crippen molar-refractivity contribution in [1.82, 2.24) is 5.32 Å². The molecule has 0 aromatic heterocycles. The van der Waals surface area contributed by atoms with E-state index < -0.39 is 0 Å². The van der Waals surface area contributed by atoms with Crippen LogP contribution in [0.5, 0.6) is 0 Å². The Balaban J connectivity index is 2.57. The van der Waals surface area contributed by atoms with Gasteiger partial charge in [0.05, 0.1) is 0 Å². The third kappa shape index (κ3) is 4.51. The maximum Gasteiger partial charge on any atom is -0.00174 e. The Labute approximate surface area is 107 Å². The molecule has 1 heteroatoms. The zero-order valence-electron chi connectivity index (χ0n) is 11.8. The lowest BCUT2D eigenvalue weighted by Crippen LogP contribution is -2.25. The van der Waals surface area contributed by atoms with Crippen LogP contribution < -0.4 is 5.32 Å². The molecular formula is C16H27N.